The molecule has 2 aromatic heterocycles. The summed E-state index contributed by atoms with van der Waals surface area (Å²) in [6, 6.07) is 7.20. The third-order valence-electron chi connectivity index (χ3n) is 4.32. The molecule has 0 spiro atoms. The maximum atomic E-state index is 12.6. The lowest BCUT2D eigenvalue weighted by Gasteiger charge is -2.25. The van der Waals surface area contributed by atoms with Gasteiger partial charge in [-0.2, -0.15) is 0 Å². The van der Waals surface area contributed by atoms with Gasteiger partial charge in [-0.3, -0.25) is 14.6 Å². The van der Waals surface area contributed by atoms with Gasteiger partial charge in [0.15, 0.2) is 0 Å². The van der Waals surface area contributed by atoms with Crippen LogP contribution in [0.1, 0.15) is 36.2 Å². The number of likely N-dealkylation sites (tertiary alicyclic amines) is 1. The van der Waals surface area contributed by atoms with Crippen LogP contribution in [0.4, 0.5) is 0 Å². The molecule has 3 rings (SSSR count). The molecule has 2 atom stereocenters. The first-order valence-corrected chi connectivity index (χ1v) is 9.05. The molecular formula is C18H21N3O2S. The van der Waals surface area contributed by atoms with Crippen LogP contribution in [0.3, 0.4) is 0 Å². The van der Waals surface area contributed by atoms with Crippen LogP contribution in [-0.2, 0) is 16.0 Å². The van der Waals surface area contributed by atoms with Gasteiger partial charge in [0.1, 0.15) is 6.04 Å². The predicted octanol–water partition coefficient (Wildman–Crippen LogP) is 2.55. The molecule has 1 aliphatic heterocycles. The van der Waals surface area contributed by atoms with Gasteiger partial charge in [0.2, 0.25) is 11.8 Å². The van der Waals surface area contributed by atoms with Gasteiger partial charge in [-0.05, 0) is 42.8 Å². The lowest BCUT2D eigenvalue weighted by molar-refractivity contribution is -0.138. The summed E-state index contributed by atoms with van der Waals surface area (Å²) in [6.45, 7) is 2.59. The maximum absolute atomic E-state index is 12.6. The zero-order valence-corrected chi connectivity index (χ0v) is 14.5. The summed E-state index contributed by atoms with van der Waals surface area (Å²) in [5.41, 5.74) is 0.959. The number of aromatic nitrogens is 1. The lowest BCUT2D eigenvalue weighted by atomic mass is 10.1. The van der Waals surface area contributed by atoms with E-state index in [1.54, 1.807) is 28.6 Å². The van der Waals surface area contributed by atoms with E-state index in [-0.39, 0.29) is 23.9 Å². The molecule has 1 saturated heterocycles. The minimum atomic E-state index is -0.364. The summed E-state index contributed by atoms with van der Waals surface area (Å²) < 4.78 is 0. The van der Waals surface area contributed by atoms with E-state index in [0.717, 1.165) is 23.3 Å². The van der Waals surface area contributed by atoms with Gasteiger partial charge < -0.3 is 10.2 Å². The third kappa shape index (κ3) is 3.82. The highest BCUT2D eigenvalue weighted by atomic mass is 32.1. The summed E-state index contributed by atoms with van der Waals surface area (Å²) in [7, 11) is 0. The Kier molecular flexibility index (Phi) is 5.25. The first-order chi connectivity index (χ1) is 11.6. The van der Waals surface area contributed by atoms with Crippen LogP contribution in [-0.4, -0.2) is 34.3 Å². The van der Waals surface area contributed by atoms with Crippen molar-refractivity contribution < 1.29 is 9.59 Å². The van der Waals surface area contributed by atoms with Gasteiger partial charge >= 0.3 is 0 Å². The minimum Gasteiger partial charge on any atom is -0.348 e. The Labute approximate surface area is 145 Å². The number of nitrogens with zero attached hydrogens (tertiary/aromatic N) is 2. The molecule has 2 unspecified atom stereocenters. The van der Waals surface area contributed by atoms with E-state index in [1.807, 2.05) is 36.6 Å². The van der Waals surface area contributed by atoms with Crippen molar-refractivity contribution >= 4 is 23.2 Å². The molecule has 0 aromatic carbocycles. The number of hydrogen-bond donors (Lipinski definition) is 1. The van der Waals surface area contributed by atoms with E-state index >= 15 is 0 Å². The molecule has 0 bridgehead atoms. The van der Waals surface area contributed by atoms with Crippen LogP contribution in [0.15, 0.2) is 42.0 Å². The summed E-state index contributed by atoms with van der Waals surface area (Å²) >= 11 is 1.57. The van der Waals surface area contributed by atoms with Crippen LogP contribution in [0.25, 0.3) is 0 Å². The van der Waals surface area contributed by atoms with Crippen molar-refractivity contribution in [2.24, 2.45) is 0 Å². The predicted molar refractivity (Wildman–Crippen MR) is 93.6 cm³/mol. The first kappa shape index (κ1) is 16.6. The van der Waals surface area contributed by atoms with Crippen LogP contribution in [0.2, 0.25) is 0 Å². The summed E-state index contributed by atoms with van der Waals surface area (Å²) in [6.07, 6.45) is 5.43. The largest absolute Gasteiger partial charge is 0.348 e. The summed E-state index contributed by atoms with van der Waals surface area (Å²) in [4.78, 5) is 32.0. The normalized spacial score (nSPS) is 18.4. The van der Waals surface area contributed by atoms with Crippen molar-refractivity contribution in [1.29, 1.82) is 0 Å². The maximum Gasteiger partial charge on any atom is 0.243 e. The van der Waals surface area contributed by atoms with Gasteiger partial charge in [-0.1, -0.05) is 12.1 Å². The van der Waals surface area contributed by atoms with Crippen molar-refractivity contribution in [2.75, 3.05) is 6.54 Å². The molecule has 0 aliphatic carbocycles. The topological polar surface area (TPSA) is 62.3 Å². The zero-order valence-electron chi connectivity index (χ0n) is 13.6. The van der Waals surface area contributed by atoms with Gasteiger partial charge in [0.05, 0.1) is 12.5 Å². The third-order valence-corrected chi connectivity index (χ3v) is 5.20. The molecule has 1 aliphatic rings. The second kappa shape index (κ2) is 7.57. The average Bonchev–Trinajstić information content (AvgIpc) is 3.27. The van der Waals surface area contributed by atoms with Crippen LogP contribution >= 0.6 is 11.3 Å². The number of thiophene rings is 1. The molecule has 2 amide bonds. The molecule has 24 heavy (non-hydrogen) atoms. The highest BCUT2D eigenvalue weighted by Gasteiger charge is 2.34. The molecule has 5 nitrogen and oxygen atoms in total. The van der Waals surface area contributed by atoms with Gasteiger partial charge in [0.25, 0.3) is 0 Å². The number of rotatable bonds is 5. The minimum absolute atomic E-state index is 0.0316. The quantitative estimate of drug-likeness (QED) is 0.907. The SMILES string of the molecule is CC(NC(=O)C1CCCN1C(=O)Cc1cccs1)c1cccnc1. The monoisotopic (exact) mass is 343 g/mol. The fourth-order valence-electron chi connectivity index (χ4n) is 3.03. The van der Waals surface area contributed by atoms with E-state index < -0.39 is 0 Å². The summed E-state index contributed by atoms with van der Waals surface area (Å²) in [5, 5.41) is 4.98. The zero-order chi connectivity index (χ0) is 16.9. The molecule has 1 fully saturated rings. The Morgan fingerprint density at radius 3 is 3.00 bits per heavy atom. The van der Waals surface area contributed by atoms with E-state index in [0.29, 0.717) is 13.0 Å². The van der Waals surface area contributed by atoms with Gasteiger partial charge in [-0.15, -0.1) is 11.3 Å². The number of nitrogens with one attached hydrogen (secondary N) is 1. The first-order valence-electron chi connectivity index (χ1n) is 8.17. The van der Waals surface area contributed by atoms with Crippen molar-refractivity contribution in [3.8, 4) is 0 Å². The van der Waals surface area contributed by atoms with Crippen molar-refractivity contribution in [2.45, 2.75) is 38.3 Å². The Morgan fingerprint density at radius 2 is 2.29 bits per heavy atom. The van der Waals surface area contributed by atoms with E-state index in [2.05, 4.69) is 10.3 Å². The molecule has 3 heterocycles. The van der Waals surface area contributed by atoms with Gasteiger partial charge in [0, 0.05) is 23.8 Å². The van der Waals surface area contributed by atoms with Crippen molar-refractivity contribution in [3.05, 3.63) is 52.5 Å². The highest BCUT2D eigenvalue weighted by molar-refractivity contribution is 7.10. The highest BCUT2D eigenvalue weighted by Crippen LogP contribution is 2.21. The Balaban J connectivity index is 1.62. The molecule has 2 aromatic rings. The van der Waals surface area contributed by atoms with Gasteiger partial charge in [-0.25, -0.2) is 0 Å². The average molecular weight is 343 g/mol. The number of carbonyl (C=O) groups is 2. The molecule has 0 saturated carbocycles. The van der Waals surface area contributed by atoms with Crippen molar-refractivity contribution in [3.63, 3.8) is 0 Å². The molecule has 1 N–H and O–H groups in total. The fraction of sp³-hybridized carbons (Fsp3) is 0.389. The Morgan fingerprint density at radius 1 is 1.42 bits per heavy atom. The van der Waals surface area contributed by atoms with Crippen LogP contribution < -0.4 is 5.32 Å². The Hall–Kier alpha value is -2.21. The second-order valence-electron chi connectivity index (χ2n) is 6.02. The second-order valence-corrected chi connectivity index (χ2v) is 7.05. The van der Waals surface area contributed by atoms with E-state index in [9.17, 15) is 9.59 Å². The number of amides is 2. The number of hydrogen-bond acceptors (Lipinski definition) is 4. The van der Waals surface area contributed by atoms with Crippen LogP contribution in [0.5, 0.6) is 0 Å². The van der Waals surface area contributed by atoms with E-state index in [4.69, 9.17) is 0 Å². The summed E-state index contributed by atoms with van der Waals surface area (Å²) in [5.74, 6) is -0.0486. The molecule has 126 valence electrons. The molecular weight excluding hydrogens is 322 g/mol. The Bertz CT molecular complexity index is 688. The molecule has 0 radical (unpaired) electrons. The molecule has 6 heteroatoms. The lowest BCUT2D eigenvalue weighted by Crippen LogP contribution is -2.47. The standard InChI is InChI=1S/C18H21N3O2S/c1-13(14-5-2-8-19-12-14)20-18(23)16-7-3-9-21(16)17(22)11-15-6-4-10-24-15/h2,4-6,8,10,12-13,16H,3,7,9,11H2,1H3,(H,20,23). The van der Waals surface area contributed by atoms with Crippen molar-refractivity contribution in [1.82, 2.24) is 15.2 Å². The number of carbonyl (C=O) groups excluding carboxylic acids is 2. The fourth-order valence-corrected chi connectivity index (χ4v) is 3.72. The van der Waals surface area contributed by atoms with E-state index in [1.165, 1.54) is 0 Å². The number of pyridine rings is 1. The smallest absolute Gasteiger partial charge is 0.243 e. The van der Waals surface area contributed by atoms with Crippen LogP contribution in [0, 0.1) is 0 Å².